The first-order valence-corrected chi connectivity index (χ1v) is 12.4. The molecule has 0 aromatic heterocycles. The van der Waals surface area contributed by atoms with Crippen molar-refractivity contribution in [2.45, 2.75) is 81.0 Å². The molecule has 0 aromatic carbocycles. The molecule has 2 fully saturated rings. The Morgan fingerprint density at radius 1 is 0.875 bits per heavy atom. The lowest BCUT2D eigenvalue weighted by Crippen LogP contribution is -2.62. The molecule has 40 heavy (non-hydrogen) atoms. The molecule has 0 spiro atoms. The van der Waals surface area contributed by atoms with Gasteiger partial charge in [-0.1, -0.05) is 6.08 Å². The molecule has 0 aromatic rings. The Kier molecular flexibility index (Phi) is 11.4. The third kappa shape index (κ3) is 6.80. The second-order valence-electron chi connectivity index (χ2n) is 9.34. The number of hydrogen-bond acceptors (Lipinski definition) is 16. The summed E-state index contributed by atoms with van der Waals surface area (Å²) in [5, 5.41) is 70.8. The molecule has 0 saturated carbocycles. The van der Waals surface area contributed by atoms with Crippen LogP contribution in [0.5, 0.6) is 0 Å². The summed E-state index contributed by atoms with van der Waals surface area (Å²) >= 11 is 0. The van der Waals surface area contributed by atoms with Gasteiger partial charge in [0.2, 0.25) is 6.29 Å². The summed E-state index contributed by atoms with van der Waals surface area (Å²) in [6.07, 6.45) is -15.2. The van der Waals surface area contributed by atoms with Crippen LogP contribution in [0.4, 0.5) is 0 Å². The van der Waals surface area contributed by atoms with E-state index in [1.54, 1.807) is 6.92 Å². The first-order chi connectivity index (χ1) is 19.0. The minimum atomic E-state index is -1.80. The molecule has 228 valence electrons. The number of hydrogen-bond donors (Lipinski definition) is 7. The van der Waals surface area contributed by atoms with E-state index in [4.69, 9.17) is 33.2 Å². The van der Waals surface area contributed by atoms with Gasteiger partial charge in [-0.15, -0.1) is 0 Å². The van der Waals surface area contributed by atoms with Crippen LogP contribution in [0, 0.1) is 5.92 Å². The summed E-state index contributed by atoms with van der Waals surface area (Å²) in [5.41, 5.74) is 0.283. The van der Waals surface area contributed by atoms with Crippen molar-refractivity contribution in [2.75, 3.05) is 27.4 Å². The normalized spacial score (nSPS) is 41.1. The van der Waals surface area contributed by atoms with Crippen LogP contribution in [0.3, 0.4) is 0 Å². The van der Waals surface area contributed by atoms with E-state index in [2.05, 4.69) is 0 Å². The minimum Gasteiger partial charge on any atom is -0.469 e. The highest BCUT2D eigenvalue weighted by molar-refractivity contribution is 5.90. The number of aliphatic hydroxyl groups excluding tert-OH is 7. The molecule has 12 atom stereocenters. The molecular weight excluding hydrogens is 544 g/mol. The molecule has 16 nitrogen and oxygen atoms in total. The predicted octanol–water partition coefficient (Wildman–Crippen LogP) is -3.83. The molecule has 0 bridgehead atoms. The summed E-state index contributed by atoms with van der Waals surface area (Å²) in [4.78, 5) is 24.3. The predicted molar refractivity (Wildman–Crippen MR) is 126 cm³/mol. The SMILES string of the molecule is C/C=C1\[C@H](O[C@@H]2O[C@H](CO[C@@H]3O[C@H](CO)[C@@H](O)[C@H](O)[C@H]3O)[C@@H](O)[C@H](O)[C@H]2O)OC=C(C(=O)OC)[C@H]1CC(=O)OC. The maximum absolute atomic E-state index is 12.3. The molecular formula is C24H36O16. The number of ether oxygens (including phenoxy) is 7. The third-order valence-corrected chi connectivity index (χ3v) is 6.92. The van der Waals surface area contributed by atoms with Crippen LogP contribution in [0.2, 0.25) is 0 Å². The Morgan fingerprint density at radius 3 is 2.05 bits per heavy atom. The first-order valence-electron chi connectivity index (χ1n) is 12.4. The van der Waals surface area contributed by atoms with Crippen molar-refractivity contribution in [3.8, 4) is 0 Å². The summed E-state index contributed by atoms with van der Waals surface area (Å²) < 4.78 is 37.0. The molecule has 3 aliphatic heterocycles. The maximum Gasteiger partial charge on any atom is 0.337 e. The first kappa shape index (κ1) is 32.3. The van der Waals surface area contributed by atoms with Crippen molar-refractivity contribution >= 4 is 11.9 Å². The zero-order valence-electron chi connectivity index (χ0n) is 22.0. The van der Waals surface area contributed by atoms with Gasteiger partial charge in [-0.05, 0) is 6.92 Å². The van der Waals surface area contributed by atoms with Crippen LogP contribution >= 0.6 is 0 Å². The lowest BCUT2D eigenvalue weighted by Gasteiger charge is -2.43. The van der Waals surface area contributed by atoms with Gasteiger partial charge < -0.3 is 68.9 Å². The standard InChI is InChI=1S/C24H36O16/c1-4-9-10(5-14(26)34-2)11(21(33)35-3)7-36-22(9)40-24-20(32)18(30)16(28)13(39-24)8-37-23-19(31)17(29)15(27)12(6-25)38-23/h4,7,10,12-13,15-20,22-25,27-32H,5-6,8H2,1-3H3/b9-4-/t10-,12+,13+,15+,16+,17-,18-,19+,20+,22-,23+,24-/m0/s1. The number of aliphatic hydroxyl groups is 7. The van der Waals surface area contributed by atoms with E-state index < -0.39 is 98.8 Å². The minimum absolute atomic E-state index is 0.00669. The zero-order valence-corrected chi connectivity index (χ0v) is 22.0. The molecule has 0 unspecified atom stereocenters. The van der Waals surface area contributed by atoms with Gasteiger partial charge in [-0.2, -0.15) is 0 Å². The quantitative estimate of drug-likeness (QED) is 0.102. The van der Waals surface area contributed by atoms with Crippen LogP contribution < -0.4 is 0 Å². The second kappa shape index (κ2) is 14.1. The van der Waals surface area contributed by atoms with E-state index in [1.165, 1.54) is 13.2 Å². The summed E-state index contributed by atoms with van der Waals surface area (Å²) in [5.74, 6) is -2.28. The van der Waals surface area contributed by atoms with Crippen LogP contribution in [0.25, 0.3) is 0 Å². The highest BCUT2D eigenvalue weighted by Gasteiger charge is 2.49. The average molecular weight is 581 g/mol. The maximum atomic E-state index is 12.3. The molecule has 0 amide bonds. The number of carbonyl (C=O) groups is 2. The number of esters is 2. The van der Waals surface area contributed by atoms with Gasteiger partial charge in [0.15, 0.2) is 12.6 Å². The van der Waals surface area contributed by atoms with E-state index in [0.29, 0.717) is 0 Å². The van der Waals surface area contributed by atoms with Crippen LogP contribution in [0.1, 0.15) is 13.3 Å². The number of rotatable bonds is 9. The molecule has 3 aliphatic rings. The van der Waals surface area contributed by atoms with Crippen molar-refractivity contribution < 1.29 is 78.5 Å². The lowest BCUT2D eigenvalue weighted by molar-refractivity contribution is -0.344. The summed E-state index contributed by atoms with van der Waals surface area (Å²) in [7, 11) is 2.33. The van der Waals surface area contributed by atoms with E-state index in [9.17, 15) is 45.3 Å². The Hall–Kier alpha value is -2.22. The van der Waals surface area contributed by atoms with E-state index in [1.807, 2.05) is 0 Å². The van der Waals surface area contributed by atoms with Crippen molar-refractivity contribution in [1.29, 1.82) is 0 Å². The lowest BCUT2D eigenvalue weighted by atomic mass is 9.86. The zero-order chi connectivity index (χ0) is 29.7. The second-order valence-corrected chi connectivity index (χ2v) is 9.34. The Morgan fingerprint density at radius 2 is 1.48 bits per heavy atom. The number of methoxy groups -OCH3 is 2. The van der Waals surface area contributed by atoms with Crippen molar-refractivity contribution in [3.05, 3.63) is 23.5 Å². The smallest absolute Gasteiger partial charge is 0.337 e. The summed E-state index contributed by atoms with van der Waals surface area (Å²) in [6.45, 7) is 0.340. The van der Waals surface area contributed by atoms with Gasteiger partial charge >= 0.3 is 11.9 Å². The molecule has 16 heteroatoms. The Bertz CT molecular complexity index is 936. The molecule has 3 rings (SSSR count). The van der Waals surface area contributed by atoms with Gasteiger partial charge in [0, 0.05) is 11.5 Å². The van der Waals surface area contributed by atoms with Gasteiger partial charge in [-0.25, -0.2) is 4.79 Å². The van der Waals surface area contributed by atoms with E-state index in [0.717, 1.165) is 13.4 Å². The van der Waals surface area contributed by atoms with Crippen molar-refractivity contribution in [1.82, 2.24) is 0 Å². The van der Waals surface area contributed by atoms with Gasteiger partial charge in [0.25, 0.3) is 0 Å². The van der Waals surface area contributed by atoms with Crippen LogP contribution in [-0.2, 0) is 42.7 Å². The Balaban J connectivity index is 1.74. The largest absolute Gasteiger partial charge is 0.469 e. The molecule has 3 heterocycles. The fourth-order valence-corrected chi connectivity index (χ4v) is 4.56. The van der Waals surface area contributed by atoms with Crippen LogP contribution in [-0.4, -0.2) is 143 Å². The molecule has 0 radical (unpaired) electrons. The van der Waals surface area contributed by atoms with Crippen molar-refractivity contribution in [3.63, 3.8) is 0 Å². The van der Waals surface area contributed by atoms with E-state index >= 15 is 0 Å². The fourth-order valence-electron chi connectivity index (χ4n) is 4.56. The summed E-state index contributed by atoms with van der Waals surface area (Å²) in [6, 6.07) is 0. The van der Waals surface area contributed by atoms with Gasteiger partial charge in [0.1, 0.15) is 48.8 Å². The van der Waals surface area contributed by atoms with E-state index in [-0.39, 0.29) is 17.6 Å². The third-order valence-electron chi connectivity index (χ3n) is 6.92. The van der Waals surface area contributed by atoms with Crippen LogP contribution in [0.15, 0.2) is 23.5 Å². The molecule has 7 N–H and O–H groups in total. The monoisotopic (exact) mass is 580 g/mol. The Labute approximate surface area is 228 Å². The molecule has 0 aliphatic carbocycles. The van der Waals surface area contributed by atoms with Crippen molar-refractivity contribution in [2.24, 2.45) is 5.92 Å². The topological polar surface area (TPSA) is 240 Å². The van der Waals surface area contributed by atoms with Gasteiger partial charge in [-0.3, -0.25) is 4.79 Å². The number of carbonyl (C=O) groups excluding carboxylic acids is 2. The average Bonchev–Trinajstić information content (AvgIpc) is 2.96. The number of allylic oxidation sites excluding steroid dienone is 1. The molecule has 2 saturated heterocycles. The van der Waals surface area contributed by atoms with Gasteiger partial charge in [0.05, 0.1) is 45.7 Å². The highest BCUT2D eigenvalue weighted by atomic mass is 16.8. The highest BCUT2D eigenvalue weighted by Crippen LogP contribution is 2.36. The fraction of sp³-hybridized carbons (Fsp3) is 0.750.